The Labute approximate surface area is 115 Å². The van der Waals surface area contributed by atoms with Crippen LogP contribution in [-0.2, 0) is 16.1 Å². The lowest BCUT2D eigenvalue weighted by molar-refractivity contribution is 0.128. The van der Waals surface area contributed by atoms with Crippen molar-refractivity contribution in [2.24, 2.45) is 0 Å². The van der Waals surface area contributed by atoms with Crippen LogP contribution in [0.2, 0.25) is 0 Å². The summed E-state index contributed by atoms with van der Waals surface area (Å²) in [6.45, 7) is 7.24. The normalized spacial score (nSPS) is 10.5. The molecule has 0 aliphatic heterocycles. The molecular formula is C13H24N4O2. The van der Waals surface area contributed by atoms with Crippen molar-refractivity contribution in [2.75, 3.05) is 50.7 Å². The van der Waals surface area contributed by atoms with Gasteiger partial charge >= 0.3 is 0 Å². The van der Waals surface area contributed by atoms with Crippen LogP contribution in [0.3, 0.4) is 0 Å². The van der Waals surface area contributed by atoms with Gasteiger partial charge in [0.25, 0.3) is 0 Å². The Balaban J connectivity index is 2.74. The van der Waals surface area contributed by atoms with Gasteiger partial charge in [-0.15, -0.1) is 0 Å². The van der Waals surface area contributed by atoms with Crippen LogP contribution in [0.4, 0.5) is 11.6 Å². The number of nitrogens with one attached hydrogen (secondary N) is 1. The van der Waals surface area contributed by atoms with E-state index < -0.39 is 0 Å². The van der Waals surface area contributed by atoms with Crippen molar-refractivity contribution < 1.29 is 9.47 Å². The van der Waals surface area contributed by atoms with Crippen LogP contribution in [-0.4, -0.2) is 50.4 Å². The number of aromatic nitrogens is 2. The number of likely N-dealkylation sites (N-methyl/N-ethyl adjacent to an activating group) is 1. The molecule has 0 spiro atoms. The van der Waals surface area contributed by atoms with E-state index in [0.29, 0.717) is 25.6 Å². The molecule has 0 fully saturated rings. The molecule has 108 valence electrons. The van der Waals surface area contributed by atoms with Crippen molar-refractivity contribution in [3.63, 3.8) is 0 Å². The van der Waals surface area contributed by atoms with Crippen molar-refractivity contribution >= 4 is 11.6 Å². The minimum Gasteiger partial charge on any atom is -0.380 e. The highest BCUT2D eigenvalue weighted by atomic mass is 16.5. The average molecular weight is 268 g/mol. The first kappa shape index (κ1) is 15.7. The second kappa shape index (κ2) is 8.66. The molecule has 1 rings (SSSR count). The van der Waals surface area contributed by atoms with E-state index in [-0.39, 0.29) is 0 Å². The van der Waals surface area contributed by atoms with Gasteiger partial charge in [0.15, 0.2) is 5.82 Å². The van der Waals surface area contributed by atoms with Crippen LogP contribution >= 0.6 is 0 Å². The van der Waals surface area contributed by atoms with Gasteiger partial charge in [0, 0.05) is 39.9 Å². The molecule has 1 heterocycles. The van der Waals surface area contributed by atoms with E-state index in [9.17, 15) is 0 Å². The topological polar surface area (TPSA) is 59.5 Å². The Morgan fingerprint density at radius 1 is 1.21 bits per heavy atom. The van der Waals surface area contributed by atoms with Crippen molar-refractivity contribution in [3.8, 4) is 0 Å². The highest BCUT2D eigenvalue weighted by Gasteiger charge is 2.08. The fourth-order valence-corrected chi connectivity index (χ4v) is 1.52. The summed E-state index contributed by atoms with van der Waals surface area (Å²) in [7, 11) is 3.84. The third-order valence-electron chi connectivity index (χ3n) is 2.62. The molecule has 0 aliphatic rings. The second-order valence-electron chi connectivity index (χ2n) is 4.03. The largest absolute Gasteiger partial charge is 0.380 e. The Bertz CT molecular complexity index is 374. The van der Waals surface area contributed by atoms with E-state index in [1.807, 2.05) is 38.9 Å². The fraction of sp³-hybridized carbons (Fsp3) is 0.692. The van der Waals surface area contributed by atoms with E-state index >= 15 is 0 Å². The molecule has 0 unspecified atom stereocenters. The Hall–Kier alpha value is -1.40. The van der Waals surface area contributed by atoms with Crippen molar-refractivity contribution in [3.05, 3.63) is 11.9 Å². The molecule has 0 amide bonds. The second-order valence-corrected chi connectivity index (χ2v) is 4.03. The molecule has 6 heteroatoms. The minimum absolute atomic E-state index is 0.429. The molecule has 1 N–H and O–H groups in total. The summed E-state index contributed by atoms with van der Waals surface area (Å²) < 4.78 is 10.7. The van der Waals surface area contributed by atoms with E-state index in [4.69, 9.17) is 9.47 Å². The predicted octanol–water partition coefficient (Wildman–Crippen LogP) is 1.53. The number of rotatable bonds is 9. The highest BCUT2D eigenvalue weighted by molar-refractivity contribution is 5.48. The minimum atomic E-state index is 0.429. The molecule has 1 aromatic rings. The summed E-state index contributed by atoms with van der Waals surface area (Å²) in [6.07, 6.45) is 0. The number of anilines is 2. The first-order chi connectivity index (χ1) is 9.21. The number of hydrogen-bond acceptors (Lipinski definition) is 6. The monoisotopic (exact) mass is 268 g/mol. The summed E-state index contributed by atoms with van der Waals surface area (Å²) in [6, 6.07) is 1.92. The van der Waals surface area contributed by atoms with E-state index in [2.05, 4.69) is 15.3 Å². The Morgan fingerprint density at radius 2 is 1.95 bits per heavy atom. The first-order valence-corrected chi connectivity index (χ1v) is 6.63. The highest BCUT2D eigenvalue weighted by Crippen LogP contribution is 2.14. The lowest BCUT2D eigenvalue weighted by atomic mass is 10.4. The molecule has 0 aliphatic carbocycles. The first-order valence-electron chi connectivity index (χ1n) is 6.63. The fourth-order valence-electron chi connectivity index (χ4n) is 1.52. The summed E-state index contributed by atoms with van der Waals surface area (Å²) in [5.41, 5.74) is 0. The number of nitrogens with zero attached hydrogens (tertiary/aromatic N) is 3. The molecule has 19 heavy (non-hydrogen) atoms. The molecule has 0 saturated heterocycles. The van der Waals surface area contributed by atoms with Crippen LogP contribution in [0, 0.1) is 0 Å². The molecule has 0 aromatic carbocycles. The molecule has 6 nitrogen and oxygen atoms in total. The van der Waals surface area contributed by atoms with Crippen LogP contribution in [0.15, 0.2) is 6.07 Å². The zero-order valence-corrected chi connectivity index (χ0v) is 12.3. The van der Waals surface area contributed by atoms with Crippen LogP contribution in [0.1, 0.15) is 19.7 Å². The van der Waals surface area contributed by atoms with E-state index in [1.54, 1.807) is 0 Å². The van der Waals surface area contributed by atoms with Crippen LogP contribution < -0.4 is 10.2 Å². The Morgan fingerprint density at radius 3 is 2.58 bits per heavy atom. The lowest BCUT2D eigenvalue weighted by Crippen LogP contribution is -2.24. The third kappa shape index (κ3) is 5.40. The van der Waals surface area contributed by atoms with Gasteiger partial charge in [-0.05, 0) is 13.8 Å². The number of hydrogen-bond donors (Lipinski definition) is 1. The molecule has 0 atom stereocenters. The quantitative estimate of drug-likeness (QED) is 0.685. The SMILES string of the molecule is CCOCCN(C)c1cc(NC)nc(COCC)n1. The molecule has 0 bridgehead atoms. The maximum atomic E-state index is 5.36. The van der Waals surface area contributed by atoms with E-state index in [1.165, 1.54) is 0 Å². The standard InChI is InChI=1S/C13H24N4O2/c1-5-18-8-7-17(4)13-9-11(14-3)15-12(16-13)10-19-6-2/h9H,5-8,10H2,1-4H3,(H,14,15,16). The van der Waals surface area contributed by atoms with Gasteiger partial charge in [0.05, 0.1) is 6.61 Å². The zero-order valence-electron chi connectivity index (χ0n) is 12.3. The maximum Gasteiger partial charge on any atom is 0.158 e. The van der Waals surface area contributed by atoms with Gasteiger partial charge in [-0.25, -0.2) is 9.97 Å². The predicted molar refractivity (Wildman–Crippen MR) is 76.7 cm³/mol. The van der Waals surface area contributed by atoms with Gasteiger partial charge in [-0.3, -0.25) is 0 Å². The maximum absolute atomic E-state index is 5.36. The molecule has 0 radical (unpaired) electrons. The van der Waals surface area contributed by atoms with Crippen molar-refractivity contribution in [1.29, 1.82) is 0 Å². The summed E-state index contributed by atoms with van der Waals surface area (Å²) in [5.74, 6) is 2.35. The van der Waals surface area contributed by atoms with Gasteiger partial charge < -0.3 is 19.7 Å². The zero-order chi connectivity index (χ0) is 14.1. The van der Waals surface area contributed by atoms with Gasteiger partial charge in [0.1, 0.15) is 18.2 Å². The van der Waals surface area contributed by atoms with Crippen molar-refractivity contribution in [2.45, 2.75) is 20.5 Å². The van der Waals surface area contributed by atoms with Crippen LogP contribution in [0.5, 0.6) is 0 Å². The summed E-state index contributed by atoms with van der Waals surface area (Å²) in [5, 5.41) is 3.04. The molecule has 0 saturated carbocycles. The van der Waals surface area contributed by atoms with Crippen LogP contribution in [0.25, 0.3) is 0 Å². The Kier molecular flexibility index (Phi) is 7.14. The van der Waals surface area contributed by atoms with E-state index in [0.717, 1.165) is 24.8 Å². The van der Waals surface area contributed by atoms with Crippen molar-refractivity contribution in [1.82, 2.24) is 9.97 Å². The number of ether oxygens (including phenoxy) is 2. The van der Waals surface area contributed by atoms with Gasteiger partial charge in [0.2, 0.25) is 0 Å². The third-order valence-corrected chi connectivity index (χ3v) is 2.62. The summed E-state index contributed by atoms with van der Waals surface area (Å²) in [4.78, 5) is 10.9. The van der Waals surface area contributed by atoms with Gasteiger partial charge in [-0.1, -0.05) is 0 Å². The van der Waals surface area contributed by atoms with Gasteiger partial charge in [-0.2, -0.15) is 0 Å². The smallest absolute Gasteiger partial charge is 0.158 e. The molecular weight excluding hydrogens is 244 g/mol. The lowest BCUT2D eigenvalue weighted by Gasteiger charge is -2.19. The molecule has 1 aromatic heterocycles. The average Bonchev–Trinajstić information content (AvgIpc) is 2.44. The summed E-state index contributed by atoms with van der Waals surface area (Å²) >= 11 is 0.